The summed E-state index contributed by atoms with van der Waals surface area (Å²) in [6, 6.07) is 14.8. The van der Waals surface area contributed by atoms with Crippen molar-refractivity contribution in [3.8, 4) is 0 Å². The van der Waals surface area contributed by atoms with Crippen molar-refractivity contribution in [2.75, 3.05) is 5.32 Å². The Morgan fingerprint density at radius 1 is 1.09 bits per heavy atom. The summed E-state index contributed by atoms with van der Waals surface area (Å²) in [7, 11) is 0. The van der Waals surface area contributed by atoms with Crippen LogP contribution in [0.5, 0.6) is 0 Å². The van der Waals surface area contributed by atoms with Crippen molar-refractivity contribution in [3.63, 3.8) is 0 Å². The molecule has 2 aromatic rings. The molecule has 4 nitrogen and oxygen atoms in total. The van der Waals surface area contributed by atoms with Gasteiger partial charge in [0.25, 0.3) is 5.91 Å². The molecule has 1 aliphatic rings. The molecule has 0 aromatic heterocycles. The molecular weight excluding hydrogens is 356 g/mol. The van der Waals surface area contributed by atoms with Crippen LogP contribution in [0.2, 0.25) is 0 Å². The first-order valence-corrected chi connectivity index (χ1v) is 8.35. The van der Waals surface area contributed by atoms with Crippen molar-refractivity contribution < 1.29 is 9.59 Å². The summed E-state index contributed by atoms with van der Waals surface area (Å²) >= 11 is 3.35. The first-order chi connectivity index (χ1) is 11.1. The number of benzene rings is 2. The summed E-state index contributed by atoms with van der Waals surface area (Å²) in [5, 5.41) is 5.80. The quantitative estimate of drug-likeness (QED) is 0.839. The van der Waals surface area contributed by atoms with Gasteiger partial charge in [-0.25, -0.2) is 0 Å². The number of rotatable bonds is 5. The Balaban J connectivity index is 1.58. The zero-order valence-corrected chi connectivity index (χ0v) is 14.1. The smallest absolute Gasteiger partial charge is 0.251 e. The molecule has 1 fully saturated rings. The zero-order valence-electron chi connectivity index (χ0n) is 12.5. The maximum Gasteiger partial charge on any atom is 0.251 e. The number of carbonyl (C=O) groups excluding carboxylic acids is 2. The minimum absolute atomic E-state index is 0.0843. The van der Waals surface area contributed by atoms with Crippen LogP contribution in [-0.2, 0) is 11.3 Å². The second kappa shape index (κ2) is 6.96. The number of halogens is 1. The van der Waals surface area contributed by atoms with Gasteiger partial charge in [-0.05, 0) is 54.8 Å². The number of hydrogen-bond donors (Lipinski definition) is 2. The van der Waals surface area contributed by atoms with Crippen LogP contribution in [0.3, 0.4) is 0 Å². The number of carbonyl (C=O) groups is 2. The van der Waals surface area contributed by atoms with Crippen LogP contribution in [-0.4, -0.2) is 11.8 Å². The number of nitrogens with one attached hydrogen (secondary N) is 2. The highest BCUT2D eigenvalue weighted by Gasteiger charge is 2.29. The number of anilines is 1. The molecule has 0 saturated heterocycles. The molecule has 0 heterocycles. The molecule has 2 aromatic carbocycles. The maximum atomic E-state index is 12.1. The van der Waals surface area contributed by atoms with Crippen molar-refractivity contribution in [1.82, 2.24) is 5.32 Å². The third-order valence-corrected chi connectivity index (χ3v) is 4.23. The van der Waals surface area contributed by atoms with Gasteiger partial charge in [0.1, 0.15) is 0 Å². The van der Waals surface area contributed by atoms with E-state index < -0.39 is 0 Å². The average molecular weight is 373 g/mol. The second-order valence-corrected chi connectivity index (χ2v) is 6.57. The van der Waals surface area contributed by atoms with E-state index in [2.05, 4.69) is 26.6 Å². The molecular formula is C18H17BrN2O2. The van der Waals surface area contributed by atoms with E-state index in [1.165, 1.54) is 0 Å². The molecule has 1 saturated carbocycles. The van der Waals surface area contributed by atoms with Crippen molar-refractivity contribution in [3.05, 3.63) is 64.1 Å². The van der Waals surface area contributed by atoms with Gasteiger partial charge in [-0.15, -0.1) is 0 Å². The van der Waals surface area contributed by atoms with Gasteiger partial charge in [0.05, 0.1) is 0 Å². The highest BCUT2D eigenvalue weighted by Crippen LogP contribution is 2.30. The highest BCUT2D eigenvalue weighted by molar-refractivity contribution is 9.10. The van der Waals surface area contributed by atoms with E-state index in [9.17, 15) is 9.59 Å². The normalized spacial score (nSPS) is 13.4. The van der Waals surface area contributed by atoms with Crippen molar-refractivity contribution in [2.45, 2.75) is 19.4 Å². The van der Waals surface area contributed by atoms with E-state index in [0.29, 0.717) is 12.1 Å². The largest absolute Gasteiger partial charge is 0.348 e. The van der Waals surface area contributed by atoms with E-state index in [1.807, 2.05) is 36.4 Å². The molecule has 0 aliphatic heterocycles. The third-order valence-electron chi connectivity index (χ3n) is 3.70. The summed E-state index contributed by atoms with van der Waals surface area (Å²) in [5.74, 6) is 0.140. The molecule has 23 heavy (non-hydrogen) atoms. The fraction of sp³-hybridized carbons (Fsp3) is 0.222. The van der Waals surface area contributed by atoms with E-state index >= 15 is 0 Å². The van der Waals surface area contributed by atoms with Gasteiger partial charge in [0.15, 0.2) is 0 Å². The Bertz CT molecular complexity index is 724. The SMILES string of the molecule is O=C(NCc1cccc(NC(=O)C2CC2)c1)c1ccc(Br)cc1. The third kappa shape index (κ3) is 4.42. The van der Waals surface area contributed by atoms with Crippen LogP contribution in [0.15, 0.2) is 53.0 Å². The second-order valence-electron chi connectivity index (χ2n) is 5.65. The van der Waals surface area contributed by atoms with Crippen LogP contribution in [0, 0.1) is 5.92 Å². The Morgan fingerprint density at radius 3 is 2.52 bits per heavy atom. The highest BCUT2D eigenvalue weighted by atomic mass is 79.9. The van der Waals surface area contributed by atoms with Crippen LogP contribution < -0.4 is 10.6 Å². The molecule has 0 unspecified atom stereocenters. The molecule has 3 rings (SSSR count). The van der Waals surface area contributed by atoms with E-state index in [0.717, 1.165) is 28.6 Å². The van der Waals surface area contributed by atoms with Crippen LogP contribution in [0.1, 0.15) is 28.8 Å². The standard InChI is InChI=1S/C18H17BrN2O2/c19-15-8-6-13(7-9-15)17(22)20-11-12-2-1-3-16(10-12)21-18(23)14-4-5-14/h1-3,6-10,14H,4-5,11H2,(H,20,22)(H,21,23). The molecule has 5 heteroatoms. The zero-order chi connectivity index (χ0) is 16.2. The lowest BCUT2D eigenvalue weighted by molar-refractivity contribution is -0.117. The molecule has 118 valence electrons. The van der Waals surface area contributed by atoms with Crippen molar-refractivity contribution in [2.24, 2.45) is 5.92 Å². The molecule has 0 bridgehead atoms. The molecule has 2 N–H and O–H groups in total. The van der Waals surface area contributed by atoms with Gasteiger partial charge >= 0.3 is 0 Å². The Hall–Kier alpha value is -2.14. The minimum atomic E-state index is -0.120. The van der Waals surface area contributed by atoms with Gasteiger partial charge in [0.2, 0.25) is 5.91 Å². The Morgan fingerprint density at radius 2 is 1.83 bits per heavy atom. The summed E-state index contributed by atoms with van der Waals surface area (Å²) in [4.78, 5) is 23.9. The topological polar surface area (TPSA) is 58.2 Å². The molecule has 0 spiro atoms. The van der Waals surface area contributed by atoms with Gasteiger partial charge in [0, 0.05) is 28.2 Å². The van der Waals surface area contributed by atoms with Crippen LogP contribution >= 0.6 is 15.9 Å². The van der Waals surface area contributed by atoms with Crippen LogP contribution in [0.25, 0.3) is 0 Å². The van der Waals surface area contributed by atoms with Crippen molar-refractivity contribution in [1.29, 1.82) is 0 Å². The molecule has 0 radical (unpaired) electrons. The average Bonchev–Trinajstić information content (AvgIpc) is 3.38. The van der Waals surface area contributed by atoms with E-state index in [4.69, 9.17) is 0 Å². The monoisotopic (exact) mass is 372 g/mol. The molecule has 0 atom stereocenters. The number of hydrogen-bond acceptors (Lipinski definition) is 2. The van der Waals surface area contributed by atoms with Crippen LogP contribution in [0.4, 0.5) is 5.69 Å². The summed E-state index contributed by atoms with van der Waals surface area (Å²) in [6.07, 6.45) is 1.96. The predicted molar refractivity (Wildman–Crippen MR) is 93.1 cm³/mol. The molecule has 1 aliphatic carbocycles. The Labute approximate surface area is 143 Å². The predicted octanol–water partition coefficient (Wildman–Crippen LogP) is 3.73. The lowest BCUT2D eigenvalue weighted by atomic mass is 10.1. The van der Waals surface area contributed by atoms with Crippen molar-refractivity contribution >= 4 is 33.4 Å². The maximum absolute atomic E-state index is 12.1. The van der Waals surface area contributed by atoms with E-state index in [1.54, 1.807) is 12.1 Å². The van der Waals surface area contributed by atoms with Gasteiger partial charge in [-0.2, -0.15) is 0 Å². The van der Waals surface area contributed by atoms with Gasteiger partial charge in [-0.3, -0.25) is 9.59 Å². The first kappa shape index (κ1) is 15.7. The minimum Gasteiger partial charge on any atom is -0.348 e. The Kier molecular flexibility index (Phi) is 4.76. The lowest BCUT2D eigenvalue weighted by Crippen LogP contribution is -2.22. The molecule has 2 amide bonds. The fourth-order valence-corrected chi connectivity index (χ4v) is 2.50. The lowest BCUT2D eigenvalue weighted by Gasteiger charge is -2.08. The van der Waals surface area contributed by atoms with E-state index in [-0.39, 0.29) is 17.7 Å². The fourth-order valence-electron chi connectivity index (χ4n) is 2.23. The summed E-state index contributed by atoms with van der Waals surface area (Å²) in [6.45, 7) is 0.419. The summed E-state index contributed by atoms with van der Waals surface area (Å²) in [5.41, 5.74) is 2.34. The summed E-state index contributed by atoms with van der Waals surface area (Å²) < 4.78 is 0.938. The van der Waals surface area contributed by atoms with Gasteiger partial charge < -0.3 is 10.6 Å². The number of amides is 2. The first-order valence-electron chi connectivity index (χ1n) is 7.55. The van der Waals surface area contributed by atoms with Gasteiger partial charge in [-0.1, -0.05) is 28.1 Å².